The van der Waals surface area contributed by atoms with E-state index in [4.69, 9.17) is 4.98 Å². The molecule has 0 saturated heterocycles. The van der Waals surface area contributed by atoms with Crippen molar-refractivity contribution in [2.45, 2.75) is 38.0 Å². The van der Waals surface area contributed by atoms with E-state index in [1.165, 1.54) is 0 Å². The van der Waals surface area contributed by atoms with Gasteiger partial charge in [-0.25, -0.2) is 8.93 Å². The van der Waals surface area contributed by atoms with Crippen LogP contribution in [0.5, 0.6) is 5.75 Å². The second-order valence-electron chi connectivity index (χ2n) is 7.31. The Balaban J connectivity index is 1.94. The molecule has 26 heavy (non-hydrogen) atoms. The lowest BCUT2D eigenvalue weighted by Crippen LogP contribution is -2.36. The fraction of sp³-hybridized carbons (Fsp3) is 0.286. The first kappa shape index (κ1) is 18.5. The number of benzene rings is 2. The molecule has 3 aromatic rings. The molecule has 2 atom stereocenters. The molecule has 0 fully saturated rings. The Labute approximate surface area is 156 Å². The van der Waals surface area contributed by atoms with Crippen molar-refractivity contribution in [2.24, 2.45) is 0 Å². The van der Waals surface area contributed by atoms with E-state index in [2.05, 4.69) is 4.72 Å². The molecule has 5 heteroatoms. The normalized spacial score (nSPS) is 14.3. The number of nitrogens with zero attached hydrogens (tertiary/aromatic N) is 1. The third-order valence-corrected chi connectivity index (χ3v) is 5.80. The lowest BCUT2D eigenvalue weighted by Gasteiger charge is -2.25. The average Bonchev–Trinajstić information content (AvgIpc) is 2.60. The highest BCUT2D eigenvalue weighted by Gasteiger charge is 2.25. The maximum Gasteiger partial charge on any atom is 0.120 e. The van der Waals surface area contributed by atoms with Gasteiger partial charge in [-0.15, -0.1) is 0 Å². The summed E-state index contributed by atoms with van der Waals surface area (Å²) >= 11 is 0. The third kappa shape index (κ3) is 4.29. The van der Waals surface area contributed by atoms with Crippen molar-refractivity contribution in [2.75, 3.05) is 0 Å². The molecule has 0 aliphatic carbocycles. The molecular weight excluding hydrogens is 344 g/mol. The first-order chi connectivity index (χ1) is 12.3. The van der Waals surface area contributed by atoms with Gasteiger partial charge in [0.1, 0.15) is 5.75 Å². The number of hydrogen-bond donors (Lipinski definition) is 2. The number of para-hydroxylation sites is 2. The summed E-state index contributed by atoms with van der Waals surface area (Å²) in [7, 11) is -1.27. The van der Waals surface area contributed by atoms with E-state index in [9.17, 15) is 9.32 Å². The predicted octanol–water partition coefficient (Wildman–Crippen LogP) is 4.28. The van der Waals surface area contributed by atoms with Crippen LogP contribution in [0.4, 0.5) is 0 Å². The summed E-state index contributed by atoms with van der Waals surface area (Å²) in [6, 6.07) is 18.8. The quantitative estimate of drug-likeness (QED) is 0.707. The number of phenols is 1. The fourth-order valence-electron chi connectivity index (χ4n) is 2.73. The first-order valence-electron chi connectivity index (χ1n) is 8.65. The summed E-state index contributed by atoms with van der Waals surface area (Å²) in [6.45, 7) is 5.77. The molecule has 0 radical (unpaired) electrons. The highest BCUT2D eigenvalue weighted by molar-refractivity contribution is 7.84. The van der Waals surface area contributed by atoms with Crippen LogP contribution in [-0.2, 0) is 17.4 Å². The van der Waals surface area contributed by atoms with Crippen molar-refractivity contribution < 1.29 is 9.32 Å². The molecule has 0 aliphatic rings. The van der Waals surface area contributed by atoms with Gasteiger partial charge < -0.3 is 5.11 Å². The molecule has 1 heterocycles. The molecule has 3 rings (SSSR count). The van der Waals surface area contributed by atoms with Crippen molar-refractivity contribution in [1.29, 1.82) is 0 Å². The number of fused-ring (bicyclic) bond motifs is 1. The standard InChI is InChI=1S/C21H24N2O2S/c1-21(2,3)26(25)23-19(17-9-5-7-11-20(17)24)14-16-13-12-15-8-4-6-10-18(15)22-16/h4-13,19,23-24H,14H2,1-3H3/t19-,26?/m1/s1. The maximum absolute atomic E-state index is 12.7. The summed E-state index contributed by atoms with van der Waals surface area (Å²) < 4.78 is 15.4. The minimum Gasteiger partial charge on any atom is -0.508 e. The van der Waals surface area contributed by atoms with E-state index in [1.807, 2.05) is 69.3 Å². The molecule has 2 N–H and O–H groups in total. The van der Waals surface area contributed by atoms with Crippen LogP contribution in [0.15, 0.2) is 60.7 Å². The zero-order chi connectivity index (χ0) is 18.7. The van der Waals surface area contributed by atoms with E-state index >= 15 is 0 Å². The van der Waals surface area contributed by atoms with Gasteiger partial charge in [0, 0.05) is 23.1 Å². The summed E-state index contributed by atoms with van der Waals surface area (Å²) in [5.74, 6) is 0.191. The Morgan fingerprint density at radius 3 is 2.46 bits per heavy atom. The maximum atomic E-state index is 12.7. The molecule has 4 nitrogen and oxygen atoms in total. The largest absolute Gasteiger partial charge is 0.508 e. The second kappa shape index (κ2) is 7.56. The van der Waals surface area contributed by atoms with Crippen LogP contribution in [0.25, 0.3) is 10.9 Å². The number of rotatable bonds is 5. The Morgan fingerprint density at radius 1 is 1.04 bits per heavy atom. The summed E-state index contributed by atoms with van der Waals surface area (Å²) in [5, 5.41) is 11.4. The van der Waals surface area contributed by atoms with Crippen molar-refractivity contribution in [3.05, 3.63) is 71.9 Å². The lowest BCUT2D eigenvalue weighted by molar-refractivity contribution is 0.457. The first-order valence-corrected chi connectivity index (χ1v) is 9.80. The van der Waals surface area contributed by atoms with Crippen LogP contribution >= 0.6 is 0 Å². The summed E-state index contributed by atoms with van der Waals surface area (Å²) in [4.78, 5) is 4.72. The molecule has 1 unspecified atom stereocenters. The van der Waals surface area contributed by atoms with Gasteiger partial charge in [-0.3, -0.25) is 4.98 Å². The van der Waals surface area contributed by atoms with E-state index in [1.54, 1.807) is 12.1 Å². The number of hydrogen-bond acceptors (Lipinski definition) is 3. The monoisotopic (exact) mass is 368 g/mol. The smallest absolute Gasteiger partial charge is 0.120 e. The fourth-order valence-corrected chi connectivity index (χ4v) is 3.56. The van der Waals surface area contributed by atoms with Gasteiger partial charge >= 0.3 is 0 Å². The average molecular weight is 369 g/mol. The van der Waals surface area contributed by atoms with E-state index in [0.717, 1.165) is 22.2 Å². The van der Waals surface area contributed by atoms with Crippen molar-refractivity contribution in [3.8, 4) is 5.75 Å². The van der Waals surface area contributed by atoms with Crippen molar-refractivity contribution in [1.82, 2.24) is 9.71 Å². The number of pyridine rings is 1. The topological polar surface area (TPSA) is 62.2 Å². The molecule has 0 aliphatic heterocycles. The molecule has 0 bridgehead atoms. The van der Waals surface area contributed by atoms with E-state index in [0.29, 0.717) is 6.42 Å². The molecule has 136 valence electrons. The van der Waals surface area contributed by atoms with Gasteiger partial charge in [0.25, 0.3) is 0 Å². The lowest BCUT2D eigenvalue weighted by atomic mass is 10.0. The molecular formula is C21H24N2O2S. The van der Waals surface area contributed by atoms with Crippen molar-refractivity contribution in [3.63, 3.8) is 0 Å². The Hall–Kier alpha value is -2.24. The number of aromatic nitrogens is 1. The van der Waals surface area contributed by atoms with E-state index in [-0.39, 0.29) is 11.8 Å². The van der Waals surface area contributed by atoms with Crippen LogP contribution in [0, 0.1) is 0 Å². The summed E-state index contributed by atoms with van der Waals surface area (Å²) in [5.41, 5.74) is 2.54. The molecule has 0 amide bonds. The zero-order valence-corrected chi connectivity index (χ0v) is 16.1. The molecule has 1 aromatic heterocycles. The highest BCUT2D eigenvalue weighted by atomic mass is 32.2. The number of nitrogens with one attached hydrogen (secondary N) is 1. The van der Waals surface area contributed by atoms with Crippen LogP contribution in [0.2, 0.25) is 0 Å². The number of phenolic OH excluding ortho intramolecular Hbond substituents is 1. The Bertz CT molecular complexity index is 934. The molecule has 0 spiro atoms. The molecule has 0 saturated carbocycles. The highest BCUT2D eigenvalue weighted by Crippen LogP contribution is 2.28. The third-order valence-electron chi connectivity index (χ3n) is 4.19. The Kier molecular flexibility index (Phi) is 5.39. The predicted molar refractivity (Wildman–Crippen MR) is 107 cm³/mol. The minimum absolute atomic E-state index is 0.191. The van der Waals surface area contributed by atoms with Gasteiger partial charge in [0.15, 0.2) is 0 Å². The molecule has 2 aromatic carbocycles. The van der Waals surface area contributed by atoms with Crippen LogP contribution < -0.4 is 4.72 Å². The van der Waals surface area contributed by atoms with Gasteiger partial charge in [0.2, 0.25) is 0 Å². The van der Waals surface area contributed by atoms with Crippen LogP contribution in [0.3, 0.4) is 0 Å². The SMILES string of the molecule is CC(C)(C)S(=O)N[C@H](Cc1ccc2ccccc2n1)c1ccccc1O. The second-order valence-corrected chi connectivity index (χ2v) is 9.31. The van der Waals surface area contributed by atoms with Gasteiger partial charge in [-0.05, 0) is 39.0 Å². The van der Waals surface area contributed by atoms with E-state index < -0.39 is 15.7 Å². The van der Waals surface area contributed by atoms with Crippen LogP contribution in [-0.4, -0.2) is 19.0 Å². The summed E-state index contributed by atoms with van der Waals surface area (Å²) in [6.07, 6.45) is 0.532. The Morgan fingerprint density at radius 2 is 1.73 bits per heavy atom. The van der Waals surface area contributed by atoms with Crippen molar-refractivity contribution >= 4 is 21.9 Å². The van der Waals surface area contributed by atoms with Crippen LogP contribution in [0.1, 0.15) is 38.1 Å². The van der Waals surface area contributed by atoms with Gasteiger partial charge in [-0.2, -0.15) is 0 Å². The van der Waals surface area contributed by atoms with Gasteiger partial charge in [-0.1, -0.05) is 42.5 Å². The zero-order valence-electron chi connectivity index (χ0n) is 15.3. The number of aromatic hydroxyl groups is 1. The van der Waals surface area contributed by atoms with Gasteiger partial charge in [0.05, 0.1) is 27.3 Å². The minimum atomic E-state index is -1.27.